The van der Waals surface area contributed by atoms with Gasteiger partial charge in [-0.05, 0) is 63.0 Å². The van der Waals surface area contributed by atoms with Gasteiger partial charge in [0.1, 0.15) is 5.60 Å². The molecule has 4 aromatic rings. The molecule has 1 atom stereocenters. The minimum Gasteiger partial charge on any atom is -0.376 e. The number of thioether (sulfide) groups is 2. The number of rotatable bonds is 2. The molecule has 1 aliphatic carbocycles. The molecule has 34 heavy (non-hydrogen) atoms. The number of halogens is 2. The number of hydrogen-bond acceptors (Lipinski definition) is 4. The molecule has 0 fully saturated rings. The van der Waals surface area contributed by atoms with Crippen molar-refractivity contribution in [3.8, 4) is 11.1 Å². The van der Waals surface area contributed by atoms with Gasteiger partial charge in [0, 0.05) is 26.7 Å². The monoisotopic (exact) mass is 518 g/mol. The van der Waals surface area contributed by atoms with E-state index in [1.807, 2.05) is 65.4 Å². The van der Waals surface area contributed by atoms with E-state index in [0.29, 0.717) is 32.3 Å². The highest BCUT2D eigenvalue weighted by Crippen LogP contribution is 2.55. The van der Waals surface area contributed by atoms with Crippen LogP contribution in [0.3, 0.4) is 0 Å². The van der Waals surface area contributed by atoms with Crippen LogP contribution >= 0.6 is 46.7 Å². The maximum atomic E-state index is 14.2. The zero-order chi connectivity index (χ0) is 23.4. The highest BCUT2D eigenvalue weighted by Gasteiger charge is 2.51. The molecule has 0 bridgehead atoms. The van der Waals surface area contributed by atoms with E-state index >= 15 is 0 Å². The molecule has 4 aromatic carbocycles. The van der Waals surface area contributed by atoms with Gasteiger partial charge in [-0.2, -0.15) is 0 Å². The quantitative estimate of drug-likeness (QED) is 0.270. The molecule has 1 unspecified atom stereocenters. The van der Waals surface area contributed by atoms with Crippen LogP contribution in [0.2, 0.25) is 10.0 Å². The maximum Gasteiger partial charge on any atom is 0.195 e. The Balaban J connectivity index is 1.75. The molecular weight excluding hydrogens is 503 g/mol. The Morgan fingerprint density at radius 3 is 2.06 bits per heavy atom. The van der Waals surface area contributed by atoms with Gasteiger partial charge in [-0.1, -0.05) is 95.3 Å². The van der Waals surface area contributed by atoms with Gasteiger partial charge in [-0.25, -0.2) is 0 Å². The lowest BCUT2D eigenvalue weighted by Gasteiger charge is -2.27. The second-order valence-electron chi connectivity index (χ2n) is 8.12. The van der Waals surface area contributed by atoms with E-state index in [9.17, 15) is 9.90 Å². The fourth-order valence-corrected chi connectivity index (χ4v) is 6.98. The van der Waals surface area contributed by atoms with Crippen molar-refractivity contribution in [3.05, 3.63) is 126 Å². The molecule has 0 amide bonds. The van der Waals surface area contributed by atoms with Gasteiger partial charge < -0.3 is 5.11 Å². The molecule has 0 radical (unpaired) electrons. The third kappa shape index (κ3) is 3.29. The van der Waals surface area contributed by atoms with E-state index in [-0.39, 0.29) is 5.78 Å². The topological polar surface area (TPSA) is 37.3 Å². The fraction of sp³-hybridized carbons (Fsp3) is 0.0357. The van der Waals surface area contributed by atoms with Crippen LogP contribution in [0, 0.1) is 0 Å². The van der Waals surface area contributed by atoms with Crippen LogP contribution in [0.1, 0.15) is 21.5 Å². The van der Waals surface area contributed by atoms with E-state index in [2.05, 4.69) is 0 Å². The van der Waals surface area contributed by atoms with Crippen molar-refractivity contribution < 1.29 is 9.90 Å². The highest BCUT2D eigenvalue weighted by molar-refractivity contribution is 8.27. The normalized spacial score (nSPS) is 19.3. The zero-order valence-corrected chi connectivity index (χ0v) is 20.7. The molecule has 0 spiro atoms. The predicted octanol–water partition coefficient (Wildman–Crippen LogP) is 8.41. The summed E-state index contributed by atoms with van der Waals surface area (Å²) in [6.45, 7) is 0. The van der Waals surface area contributed by atoms with Gasteiger partial charge in [0.15, 0.2) is 5.78 Å². The highest BCUT2D eigenvalue weighted by atomic mass is 35.5. The standard InChI is InChI=1S/C28H16Cl2O2S2/c29-19-9-5-16(6-10-19)23-21-4-2-1-3-17(21)15-22-24(23)26(31)25(27-33-13-14-34-27)28(22,32)18-7-11-20(30)12-8-18/h1-15,32H. The molecule has 166 valence electrons. The second kappa shape index (κ2) is 8.33. The number of carbonyl (C=O) groups excluding carboxylic acids is 1. The molecule has 0 saturated carbocycles. The van der Waals surface area contributed by atoms with Gasteiger partial charge in [0.25, 0.3) is 0 Å². The summed E-state index contributed by atoms with van der Waals surface area (Å²) in [6, 6.07) is 24.5. The van der Waals surface area contributed by atoms with E-state index in [1.54, 1.807) is 24.3 Å². The first-order valence-electron chi connectivity index (χ1n) is 10.6. The summed E-state index contributed by atoms with van der Waals surface area (Å²) in [4.78, 5) is 14.2. The Morgan fingerprint density at radius 2 is 1.38 bits per heavy atom. The lowest BCUT2D eigenvalue weighted by Crippen LogP contribution is -2.28. The van der Waals surface area contributed by atoms with Gasteiger partial charge in [-0.3, -0.25) is 4.79 Å². The minimum absolute atomic E-state index is 0.165. The molecule has 0 saturated heterocycles. The summed E-state index contributed by atoms with van der Waals surface area (Å²) in [6.07, 6.45) is 0. The minimum atomic E-state index is -1.61. The molecule has 0 aromatic heterocycles. The third-order valence-electron chi connectivity index (χ3n) is 6.26. The summed E-state index contributed by atoms with van der Waals surface area (Å²) in [5, 5.41) is 19.4. The van der Waals surface area contributed by atoms with E-state index in [4.69, 9.17) is 23.2 Å². The van der Waals surface area contributed by atoms with Crippen LogP contribution in [0.15, 0.2) is 99.5 Å². The number of hydrogen-bond donors (Lipinski definition) is 1. The van der Waals surface area contributed by atoms with E-state index < -0.39 is 5.60 Å². The van der Waals surface area contributed by atoms with Crippen LogP contribution in [0.5, 0.6) is 0 Å². The largest absolute Gasteiger partial charge is 0.376 e. The Morgan fingerprint density at radius 1 is 0.765 bits per heavy atom. The Labute approximate surface area is 215 Å². The molecule has 2 nitrogen and oxygen atoms in total. The number of aliphatic hydroxyl groups is 1. The first kappa shape index (κ1) is 22.0. The van der Waals surface area contributed by atoms with Crippen LogP contribution in [-0.2, 0) is 5.60 Å². The summed E-state index contributed by atoms with van der Waals surface area (Å²) < 4.78 is 0.782. The van der Waals surface area contributed by atoms with Crippen molar-refractivity contribution in [2.75, 3.05) is 0 Å². The Bertz CT molecular complexity index is 1530. The van der Waals surface area contributed by atoms with Crippen molar-refractivity contribution in [1.82, 2.24) is 0 Å². The van der Waals surface area contributed by atoms with Gasteiger partial charge in [-0.15, -0.1) is 0 Å². The average Bonchev–Trinajstić information content (AvgIpc) is 3.44. The summed E-state index contributed by atoms with van der Waals surface area (Å²) in [7, 11) is 0. The Kier molecular flexibility index (Phi) is 5.40. The number of fused-ring (bicyclic) bond motifs is 2. The first-order valence-corrected chi connectivity index (χ1v) is 13.1. The molecule has 2 aliphatic rings. The van der Waals surface area contributed by atoms with Crippen molar-refractivity contribution in [1.29, 1.82) is 0 Å². The third-order valence-corrected chi connectivity index (χ3v) is 8.89. The van der Waals surface area contributed by atoms with Crippen LogP contribution in [0.25, 0.3) is 21.9 Å². The molecule has 6 rings (SSSR count). The molecule has 1 N–H and O–H groups in total. The summed E-state index contributed by atoms with van der Waals surface area (Å²) >= 11 is 15.3. The molecule has 6 heteroatoms. The zero-order valence-electron chi connectivity index (χ0n) is 17.6. The smallest absolute Gasteiger partial charge is 0.195 e. The van der Waals surface area contributed by atoms with Crippen molar-refractivity contribution in [2.45, 2.75) is 5.60 Å². The van der Waals surface area contributed by atoms with E-state index in [1.165, 1.54) is 23.5 Å². The van der Waals surface area contributed by atoms with E-state index in [0.717, 1.165) is 26.1 Å². The van der Waals surface area contributed by atoms with Crippen molar-refractivity contribution >= 4 is 63.3 Å². The molecule has 1 heterocycles. The van der Waals surface area contributed by atoms with Crippen molar-refractivity contribution in [2.24, 2.45) is 0 Å². The summed E-state index contributed by atoms with van der Waals surface area (Å²) in [5.41, 5.74) is 2.17. The first-order chi connectivity index (χ1) is 16.5. The summed E-state index contributed by atoms with van der Waals surface area (Å²) in [5.74, 6) is -0.165. The van der Waals surface area contributed by atoms with Crippen LogP contribution in [-0.4, -0.2) is 10.9 Å². The lowest BCUT2D eigenvalue weighted by atomic mass is 9.83. The predicted molar refractivity (Wildman–Crippen MR) is 145 cm³/mol. The molecular formula is C28H16Cl2O2S2. The van der Waals surface area contributed by atoms with Crippen LogP contribution in [0.4, 0.5) is 0 Å². The maximum absolute atomic E-state index is 14.2. The van der Waals surface area contributed by atoms with Crippen LogP contribution < -0.4 is 0 Å². The SMILES string of the molecule is O=C1C(=C2SC=CS2)C(O)(c2ccc(Cl)cc2)c2cc3ccccc3c(-c3ccc(Cl)cc3)c21. The number of benzene rings is 4. The van der Waals surface area contributed by atoms with Gasteiger partial charge >= 0.3 is 0 Å². The fourth-order valence-electron chi connectivity index (χ4n) is 4.77. The second-order valence-corrected chi connectivity index (χ2v) is 11.1. The number of Topliss-reactive ketones (excluding diaryl/α,β-unsaturated/α-hetero) is 1. The Hall–Kier alpha value is -2.47. The number of ketones is 1. The van der Waals surface area contributed by atoms with Gasteiger partial charge in [0.05, 0.1) is 9.81 Å². The molecule has 1 aliphatic heterocycles. The average molecular weight is 519 g/mol. The van der Waals surface area contributed by atoms with Gasteiger partial charge in [0.2, 0.25) is 0 Å². The van der Waals surface area contributed by atoms with Crippen molar-refractivity contribution in [3.63, 3.8) is 0 Å². The number of carbonyl (C=O) groups is 1. The lowest BCUT2D eigenvalue weighted by molar-refractivity contribution is 0.0944.